The zero-order chi connectivity index (χ0) is 11.1. The summed E-state index contributed by atoms with van der Waals surface area (Å²) in [5.41, 5.74) is 0. The van der Waals surface area contributed by atoms with Gasteiger partial charge in [0.05, 0.1) is 13.1 Å². The molecule has 0 saturated carbocycles. The Kier molecular flexibility index (Phi) is 20.7. The van der Waals surface area contributed by atoms with Crippen LogP contribution in [0.4, 0.5) is 0 Å². The summed E-state index contributed by atoms with van der Waals surface area (Å²) < 4.78 is 0. The molecular weight excluding hydrogens is 178 g/mol. The quantitative estimate of drug-likeness (QED) is 0.455. The van der Waals surface area contributed by atoms with E-state index >= 15 is 0 Å². The summed E-state index contributed by atoms with van der Waals surface area (Å²) in [5.74, 6) is 0. The van der Waals surface area contributed by atoms with Gasteiger partial charge >= 0.3 is 0 Å². The molecule has 0 bridgehead atoms. The van der Waals surface area contributed by atoms with Gasteiger partial charge in [0.25, 0.3) is 0 Å². The molecular formula is C11H25NO2. The molecule has 86 valence electrons. The average molecular weight is 203 g/mol. The lowest BCUT2D eigenvalue weighted by atomic mass is 10.2. The van der Waals surface area contributed by atoms with Crippen LogP contribution in [0.1, 0.15) is 52.4 Å². The maximum Gasteiger partial charge on any atom is 0.0755 e. The van der Waals surface area contributed by atoms with Crippen LogP contribution in [0.25, 0.3) is 0 Å². The van der Waals surface area contributed by atoms with Crippen molar-refractivity contribution >= 4 is 6.47 Å². The Hall–Kier alpha value is -0.570. The molecule has 0 amide bonds. The Morgan fingerprint density at radius 2 is 1.36 bits per heavy atom. The lowest BCUT2D eigenvalue weighted by Gasteiger charge is -1.99. The van der Waals surface area contributed by atoms with E-state index in [2.05, 4.69) is 19.2 Å². The van der Waals surface area contributed by atoms with Crippen LogP contribution in [-0.2, 0) is 4.79 Å². The molecule has 3 nitrogen and oxygen atoms in total. The van der Waals surface area contributed by atoms with Gasteiger partial charge in [0.2, 0.25) is 0 Å². The van der Waals surface area contributed by atoms with E-state index < -0.39 is 6.47 Å². The maximum atomic E-state index is 8.25. The third-order valence-electron chi connectivity index (χ3n) is 2.02. The summed E-state index contributed by atoms with van der Waals surface area (Å²) in [4.78, 5) is 8.25. The molecule has 0 aromatic rings. The summed E-state index contributed by atoms with van der Waals surface area (Å²) >= 11 is 0. The van der Waals surface area contributed by atoms with Crippen molar-refractivity contribution in [2.75, 3.05) is 13.1 Å². The van der Waals surface area contributed by atoms with Crippen molar-refractivity contribution in [3.63, 3.8) is 0 Å². The minimum Gasteiger partial charge on any atom is -0.554 e. The van der Waals surface area contributed by atoms with Gasteiger partial charge < -0.3 is 15.2 Å². The molecule has 2 N–H and O–H groups in total. The first-order valence-electron chi connectivity index (χ1n) is 5.70. The smallest absolute Gasteiger partial charge is 0.0755 e. The monoisotopic (exact) mass is 203 g/mol. The minimum absolute atomic E-state index is 0.500. The summed E-state index contributed by atoms with van der Waals surface area (Å²) in [6.07, 6.45) is 8.32. The average Bonchev–Trinajstić information content (AvgIpc) is 2.18. The standard InChI is InChI=1S/C10H23N.CH2O2/c1-3-5-7-9-11-10-8-6-4-2;2-1-3/h11H,3-10H2,1-2H3;1H,(H,2,3). The second-order valence-corrected chi connectivity index (χ2v) is 3.38. The van der Waals surface area contributed by atoms with Crippen LogP contribution in [0.2, 0.25) is 0 Å². The molecule has 0 aliphatic carbocycles. The van der Waals surface area contributed by atoms with Crippen molar-refractivity contribution in [3.8, 4) is 0 Å². The Balaban J connectivity index is 0. The van der Waals surface area contributed by atoms with Crippen LogP contribution in [0.15, 0.2) is 0 Å². The number of quaternary nitrogens is 1. The van der Waals surface area contributed by atoms with Crippen LogP contribution in [0, 0.1) is 0 Å². The fourth-order valence-electron chi connectivity index (χ4n) is 1.22. The van der Waals surface area contributed by atoms with Gasteiger partial charge in [-0.2, -0.15) is 0 Å². The molecule has 0 rings (SSSR count). The zero-order valence-corrected chi connectivity index (χ0v) is 9.63. The first kappa shape index (κ1) is 15.9. The Labute approximate surface area is 87.9 Å². The van der Waals surface area contributed by atoms with E-state index in [0.29, 0.717) is 0 Å². The number of rotatable bonds is 8. The number of hydrogen-bond donors (Lipinski definition) is 1. The molecule has 0 aliphatic heterocycles. The summed E-state index contributed by atoms with van der Waals surface area (Å²) in [5, 5.41) is 10.7. The lowest BCUT2D eigenvalue weighted by Crippen LogP contribution is -2.84. The third kappa shape index (κ3) is 22.5. The van der Waals surface area contributed by atoms with Gasteiger partial charge in [-0.3, -0.25) is 0 Å². The van der Waals surface area contributed by atoms with E-state index in [-0.39, 0.29) is 0 Å². The summed E-state index contributed by atoms with van der Waals surface area (Å²) in [7, 11) is 0. The first-order chi connectivity index (χ1) is 6.83. The highest BCUT2D eigenvalue weighted by Crippen LogP contribution is 1.90. The van der Waals surface area contributed by atoms with E-state index in [4.69, 9.17) is 9.90 Å². The van der Waals surface area contributed by atoms with Crippen LogP contribution in [-0.4, -0.2) is 19.6 Å². The van der Waals surface area contributed by atoms with Gasteiger partial charge in [0.1, 0.15) is 0 Å². The zero-order valence-electron chi connectivity index (χ0n) is 9.63. The number of carboxylic acid groups (broad SMARTS) is 1. The van der Waals surface area contributed by atoms with Gasteiger partial charge in [0, 0.05) is 6.47 Å². The topological polar surface area (TPSA) is 56.7 Å². The number of carbonyl (C=O) groups is 1. The van der Waals surface area contributed by atoms with Crippen molar-refractivity contribution in [3.05, 3.63) is 0 Å². The highest BCUT2D eigenvalue weighted by molar-refractivity contribution is 5.29. The number of nitrogens with two attached hydrogens (primary N) is 1. The van der Waals surface area contributed by atoms with Gasteiger partial charge in [-0.15, -0.1) is 0 Å². The molecule has 14 heavy (non-hydrogen) atoms. The second kappa shape index (κ2) is 18.3. The fourth-order valence-corrected chi connectivity index (χ4v) is 1.22. The Morgan fingerprint density at radius 1 is 1.00 bits per heavy atom. The summed E-state index contributed by atoms with van der Waals surface area (Å²) in [6, 6.07) is 0. The maximum absolute atomic E-state index is 8.25. The number of unbranched alkanes of at least 4 members (excludes halogenated alkanes) is 4. The number of carbonyl (C=O) groups excluding carboxylic acids is 1. The molecule has 0 saturated heterocycles. The van der Waals surface area contributed by atoms with Crippen molar-refractivity contribution in [1.82, 2.24) is 0 Å². The molecule has 0 spiro atoms. The molecule has 0 aromatic carbocycles. The van der Waals surface area contributed by atoms with E-state index in [1.54, 1.807) is 0 Å². The molecule has 0 fully saturated rings. The third-order valence-corrected chi connectivity index (χ3v) is 2.02. The highest BCUT2D eigenvalue weighted by atomic mass is 16.3. The molecule has 0 unspecified atom stereocenters. The Morgan fingerprint density at radius 3 is 1.64 bits per heavy atom. The summed E-state index contributed by atoms with van der Waals surface area (Å²) in [6.45, 7) is 6.71. The normalized spacial score (nSPS) is 9.00. The van der Waals surface area contributed by atoms with E-state index in [9.17, 15) is 0 Å². The fraction of sp³-hybridized carbons (Fsp3) is 0.909. The molecule has 0 atom stereocenters. The molecule has 3 heteroatoms. The van der Waals surface area contributed by atoms with Crippen molar-refractivity contribution < 1.29 is 15.2 Å². The van der Waals surface area contributed by atoms with Crippen LogP contribution in [0.3, 0.4) is 0 Å². The van der Waals surface area contributed by atoms with Gasteiger partial charge in [-0.25, -0.2) is 0 Å². The van der Waals surface area contributed by atoms with Crippen molar-refractivity contribution in [2.45, 2.75) is 52.4 Å². The highest BCUT2D eigenvalue weighted by Gasteiger charge is 1.90. The van der Waals surface area contributed by atoms with Gasteiger partial charge in [0.15, 0.2) is 0 Å². The van der Waals surface area contributed by atoms with Crippen molar-refractivity contribution in [1.29, 1.82) is 0 Å². The van der Waals surface area contributed by atoms with Gasteiger partial charge in [-0.1, -0.05) is 26.7 Å². The van der Waals surface area contributed by atoms with Crippen molar-refractivity contribution in [2.24, 2.45) is 0 Å². The van der Waals surface area contributed by atoms with E-state index in [1.807, 2.05) is 0 Å². The largest absolute Gasteiger partial charge is 0.554 e. The SMILES string of the molecule is CCCCC[NH2+]CCCCC.O=C[O-]. The second-order valence-electron chi connectivity index (χ2n) is 3.38. The Bertz CT molecular complexity index is 89.3. The number of hydrogen-bond acceptors (Lipinski definition) is 2. The first-order valence-corrected chi connectivity index (χ1v) is 5.70. The van der Waals surface area contributed by atoms with Crippen LogP contribution in [0.5, 0.6) is 0 Å². The molecule has 0 aromatic heterocycles. The molecule has 0 aliphatic rings. The van der Waals surface area contributed by atoms with E-state index in [1.165, 1.54) is 51.6 Å². The minimum atomic E-state index is -0.500. The molecule has 0 radical (unpaired) electrons. The van der Waals surface area contributed by atoms with Gasteiger partial charge in [-0.05, 0) is 25.7 Å². The van der Waals surface area contributed by atoms with E-state index in [0.717, 1.165) is 0 Å². The van der Waals surface area contributed by atoms with Crippen LogP contribution < -0.4 is 10.4 Å². The predicted molar refractivity (Wildman–Crippen MR) is 56.8 cm³/mol. The lowest BCUT2D eigenvalue weighted by molar-refractivity contribution is -0.655. The molecule has 0 heterocycles. The predicted octanol–water partition coefficient (Wildman–Crippen LogP) is 0.296. The van der Waals surface area contributed by atoms with Crippen LogP contribution >= 0.6 is 0 Å².